The molecule has 1 fully saturated rings. The number of anilines is 1. The van der Waals surface area contributed by atoms with Gasteiger partial charge in [-0.2, -0.15) is 18.3 Å². The molecule has 0 bridgehead atoms. The highest BCUT2D eigenvalue weighted by Gasteiger charge is 2.34. The molecule has 7 nitrogen and oxygen atoms in total. The third kappa shape index (κ3) is 6.11. The van der Waals surface area contributed by atoms with Gasteiger partial charge in [0.05, 0.1) is 11.8 Å². The fourth-order valence-electron chi connectivity index (χ4n) is 4.09. The number of fused-ring (bicyclic) bond motifs is 1. The van der Waals surface area contributed by atoms with E-state index in [0.717, 1.165) is 11.6 Å². The molecule has 1 saturated heterocycles. The Kier molecular flexibility index (Phi) is 5.78. The van der Waals surface area contributed by atoms with Crippen LogP contribution in [0.5, 0.6) is 0 Å². The van der Waals surface area contributed by atoms with Gasteiger partial charge in [0, 0.05) is 62.5 Å². The molecule has 0 unspecified atom stereocenters. The van der Waals surface area contributed by atoms with Crippen LogP contribution in [-0.4, -0.2) is 63.5 Å². The first kappa shape index (κ1) is 20.7. The summed E-state index contributed by atoms with van der Waals surface area (Å²) >= 11 is 0. The highest BCUT2D eigenvalue weighted by atomic mass is 19.4. The van der Waals surface area contributed by atoms with Crippen LogP contribution in [0, 0.1) is 18.8 Å². The van der Waals surface area contributed by atoms with E-state index < -0.39 is 36.7 Å². The number of aryl methyl sites for hydroxylation is 1. The van der Waals surface area contributed by atoms with Gasteiger partial charge in [0.1, 0.15) is 5.69 Å². The molecule has 2 aromatic carbocycles. The summed E-state index contributed by atoms with van der Waals surface area (Å²) in [6, 6.07) is 11.2. The van der Waals surface area contributed by atoms with E-state index in [4.69, 9.17) is 6.85 Å². The van der Waals surface area contributed by atoms with Crippen molar-refractivity contribution in [1.82, 2.24) is 24.4 Å². The zero-order valence-corrected chi connectivity index (χ0v) is 20.9. The highest BCUT2D eigenvalue weighted by Crippen LogP contribution is 2.34. The maximum absolute atomic E-state index is 14.2. The second-order valence-electron chi connectivity index (χ2n) is 9.01. The molecule has 5 rings (SSSR count). The largest absolute Gasteiger partial charge is 0.416 e. The van der Waals surface area contributed by atoms with E-state index in [2.05, 4.69) is 27.2 Å². The maximum Gasteiger partial charge on any atom is 0.416 e. The first-order valence-corrected chi connectivity index (χ1v) is 12.1. The molecule has 1 amide bonds. The van der Waals surface area contributed by atoms with Crippen LogP contribution in [0.3, 0.4) is 0 Å². The maximum atomic E-state index is 14.2. The number of nitrogens with zero attached hydrogens (tertiary/aromatic N) is 5. The molecule has 0 spiro atoms. The van der Waals surface area contributed by atoms with E-state index in [1.165, 1.54) is 28.0 Å². The topological polar surface area (TPSA) is 65.8 Å². The van der Waals surface area contributed by atoms with E-state index in [0.29, 0.717) is 23.0 Å². The van der Waals surface area contributed by atoms with E-state index in [1.54, 1.807) is 35.1 Å². The molecule has 0 atom stereocenters. The predicted molar refractivity (Wildman–Crippen MR) is 142 cm³/mol. The van der Waals surface area contributed by atoms with Crippen LogP contribution in [0.15, 0.2) is 60.9 Å². The first-order chi connectivity index (χ1) is 20.6. The van der Waals surface area contributed by atoms with Crippen molar-refractivity contribution in [3.8, 4) is 11.8 Å². The summed E-state index contributed by atoms with van der Waals surface area (Å²) in [5.74, 6) is 5.31. The summed E-state index contributed by atoms with van der Waals surface area (Å²) in [6.07, 6.45) is -1.75. The Hall–Kier alpha value is -4.20. The normalized spacial score (nSPS) is 17.3. The Morgan fingerprint density at radius 3 is 2.72 bits per heavy atom. The molecule has 4 aromatic rings. The molecule has 1 aliphatic heterocycles. The molecule has 10 heteroatoms. The van der Waals surface area contributed by atoms with E-state index in [1.807, 2.05) is 6.92 Å². The summed E-state index contributed by atoms with van der Waals surface area (Å²) in [4.78, 5) is 19.7. The highest BCUT2D eigenvalue weighted by molar-refractivity contribution is 6.04. The zero-order valence-electron chi connectivity index (χ0n) is 25.9. The second-order valence-corrected chi connectivity index (χ2v) is 9.01. The van der Waals surface area contributed by atoms with Gasteiger partial charge >= 0.3 is 6.18 Å². The number of carbonyl (C=O) groups excluding carboxylic acids is 1. The van der Waals surface area contributed by atoms with Gasteiger partial charge in [-0.05, 0) is 67.3 Å². The number of amides is 1. The van der Waals surface area contributed by atoms with Gasteiger partial charge in [0.2, 0.25) is 0 Å². The summed E-state index contributed by atoms with van der Waals surface area (Å²) in [5, 5.41) is 6.69. The lowest BCUT2D eigenvalue weighted by Gasteiger charge is -2.33. The fraction of sp³-hybridized carbons (Fsp3) is 0.276. The minimum absolute atomic E-state index is 0.0234. The van der Waals surface area contributed by atoms with Gasteiger partial charge in [-0.1, -0.05) is 18.1 Å². The lowest BCUT2D eigenvalue weighted by Crippen LogP contribution is -2.44. The van der Waals surface area contributed by atoms with E-state index in [-0.39, 0.29) is 37.4 Å². The van der Waals surface area contributed by atoms with E-state index >= 15 is 0 Å². The number of imidazole rings is 1. The second kappa shape index (κ2) is 10.9. The molecule has 1 aliphatic rings. The van der Waals surface area contributed by atoms with Gasteiger partial charge in [-0.15, -0.1) is 0 Å². The van der Waals surface area contributed by atoms with Crippen molar-refractivity contribution >= 4 is 17.2 Å². The summed E-state index contributed by atoms with van der Waals surface area (Å²) in [7, 11) is 0. The third-order valence-electron chi connectivity index (χ3n) is 6.24. The van der Waals surface area contributed by atoms with E-state index in [9.17, 15) is 18.0 Å². The van der Waals surface area contributed by atoms with Gasteiger partial charge in [-0.25, -0.2) is 9.50 Å². The minimum atomic E-state index is -4.93. The molecule has 1 N–H and O–H groups in total. The fourth-order valence-corrected chi connectivity index (χ4v) is 4.09. The Balaban J connectivity index is 1.37. The third-order valence-corrected chi connectivity index (χ3v) is 6.24. The smallest absolute Gasteiger partial charge is 0.322 e. The molecular formula is C29H27F3N6O. The van der Waals surface area contributed by atoms with Crippen molar-refractivity contribution in [2.45, 2.75) is 19.6 Å². The lowest BCUT2D eigenvalue weighted by molar-refractivity contribution is -0.138. The monoisotopic (exact) mass is 537 g/mol. The number of rotatable bonds is 4. The number of carbonyl (C=O) groups is 1. The van der Waals surface area contributed by atoms with Gasteiger partial charge < -0.3 is 10.2 Å². The Bertz CT molecular complexity index is 1770. The number of aromatic nitrogens is 3. The van der Waals surface area contributed by atoms with Crippen LogP contribution in [-0.2, 0) is 12.7 Å². The Morgan fingerprint density at radius 1 is 1.13 bits per heavy atom. The van der Waals surface area contributed by atoms with Crippen LogP contribution < -0.4 is 5.32 Å². The number of halogens is 3. The zero-order chi connectivity index (χ0) is 31.9. The minimum Gasteiger partial charge on any atom is -0.322 e. The molecule has 0 aliphatic carbocycles. The van der Waals surface area contributed by atoms with Crippen LogP contribution in [0.2, 0.25) is 0 Å². The number of alkyl halides is 3. The summed E-state index contributed by atoms with van der Waals surface area (Å²) < 4.78 is 83.8. The lowest BCUT2D eigenvalue weighted by atomic mass is 10.0. The first-order valence-electron chi connectivity index (χ1n) is 14.6. The molecule has 0 radical (unpaired) electrons. The number of nitrogens with one attached hydrogen (secondary N) is 1. The van der Waals surface area contributed by atoms with Crippen molar-refractivity contribution in [3.63, 3.8) is 0 Å². The quantitative estimate of drug-likeness (QED) is 0.390. The molecule has 39 heavy (non-hydrogen) atoms. The number of piperazine rings is 1. The van der Waals surface area contributed by atoms with Crippen molar-refractivity contribution in [2.75, 3.05) is 38.5 Å². The molecule has 2 aromatic heterocycles. The predicted octanol–water partition coefficient (Wildman–Crippen LogP) is 4.46. The van der Waals surface area contributed by atoms with Gasteiger partial charge in [0.15, 0.2) is 5.65 Å². The molecule has 0 saturated carbocycles. The van der Waals surface area contributed by atoms with Crippen molar-refractivity contribution in [3.05, 3.63) is 94.4 Å². The Morgan fingerprint density at radius 2 is 1.95 bits per heavy atom. The average Bonchev–Trinajstić information content (AvgIpc) is 3.39. The average molecular weight is 538 g/mol. The van der Waals surface area contributed by atoms with Crippen LogP contribution >= 0.6 is 0 Å². The molecular weight excluding hydrogens is 505 g/mol. The summed E-state index contributed by atoms with van der Waals surface area (Å²) in [6.45, 7) is -3.30. The number of hydrogen-bond acceptors (Lipinski definition) is 5. The SMILES string of the molecule is [2H]C([2H])([2H])N1CCN(C([2H])([2H])c2ccc(NC(=O)c3ccc(C)c(C#Cc4cnc5cccnn45)c3)cc2C(F)(F)F)CC1. The van der Waals surface area contributed by atoms with Crippen molar-refractivity contribution in [1.29, 1.82) is 0 Å². The van der Waals surface area contributed by atoms with Crippen LogP contribution in [0.4, 0.5) is 18.9 Å². The van der Waals surface area contributed by atoms with Crippen molar-refractivity contribution < 1.29 is 24.8 Å². The van der Waals surface area contributed by atoms with Crippen molar-refractivity contribution in [2.24, 2.45) is 0 Å². The number of hydrogen-bond donors (Lipinski definition) is 1. The summed E-state index contributed by atoms with van der Waals surface area (Å²) in [5.41, 5.74) is 0.595. The number of benzene rings is 2. The molecule has 3 heterocycles. The van der Waals surface area contributed by atoms with Crippen LogP contribution in [0.25, 0.3) is 5.65 Å². The molecule has 200 valence electrons. The standard InChI is InChI=1S/C29H27F3N6O/c1-20-5-6-22(16-21(20)8-10-25-18-33-27-4-3-11-34-38(25)27)28(39)35-24-9-7-23(26(17-24)29(30,31)32)19-37-14-12-36(2)13-15-37/h3-7,9,11,16-18H,12-15,19H2,1-2H3,(H,35,39)/i2D3,19D2. The Labute approximate surface area is 231 Å². The van der Waals surface area contributed by atoms with Gasteiger partial charge in [-0.3, -0.25) is 9.69 Å². The van der Waals surface area contributed by atoms with Gasteiger partial charge in [0.25, 0.3) is 5.91 Å². The number of likely N-dealkylation sites (N-methyl/N-ethyl adjacent to an activating group) is 1. The van der Waals surface area contributed by atoms with Crippen LogP contribution in [0.1, 0.15) is 45.2 Å².